The van der Waals surface area contributed by atoms with E-state index in [2.05, 4.69) is 44.8 Å². The van der Waals surface area contributed by atoms with Crippen molar-refractivity contribution in [1.29, 1.82) is 0 Å². The number of likely N-dealkylation sites (N-methyl/N-ethyl adjacent to an activating group) is 1. The molecule has 1 atom stereocenters. The average molecular weight is 240 g/mol. The van der Waals surface area contributed by atoms with Gasteiger partial charge in [0, 0.05) is 12.1 Å². The summed E-state index contributed by atoms with van der Waals surface area (Å²) in [4.78, 5) is 2.66. The molecule has 1 saturated heterocycles. The Morgan fingerprint density at radius 3 is 2.53 bits per heavy atom. The number of nitrogens with one attached hydrogen (secondary N) is 1. The Balaban J connectivity index is 2.41. The Hall–Kier alpha value is -0.0800. The van der Waals surface area contributed by atoms with E-state index in [1.165, 1.54) is 38.9 Å². The molecular weight excluding hydrogens is 208 g/mol. The molecular formula is C15H32N2. The lowest BCUT2D eigenvalue weighted by Gasteiger charge is -2.33. The van der Waals surface area contributed by atoms with Crippen molar-refractivity contribution in [3.8, 4) is 0 Å². The van der Waals surface area contributed by atoms with Crippen molar-refractivity contribution in [2.24, 2.45) is 11.8 Å². The maximum Gasteiger partial charge on any atom is 0.0252 e. The van der Waals surface area contributed by atoms with Gasteiger partial charge in [-0.1, -0.05) is 20.8 Å². The van der Waals surface area contributed by atoms with Gasteiger partial charge in [0.1, 0.15) is 0 Å². The minimum absolute atomic E-state index is 0.256. The van der Waals surface area contributed by atoms with Gasteiger partial charge in [-0.05, 0) is 64.6 Å². The summed E-state index contributed by atoms with van der Waals surface area (Å²) in [5, 5.41) is 3.58. The summed E-state index contributed by atoms with van der Waals surface area (Å²) < 4.78 is 0. The quantitative estimate of drug-likeness (QED) is 0.794. The number of likely N-dealkylation sites (tertiary alicyclic amines) is 1. The first-order valence-corrected chi connectivity index (χ1v) is 7.42. The van der Waals surface area contributed by atoms with Crippen LogP contribution in [0.5, 0.6) is 0 Å². The Morgan fingerprint density at radius 1 is 1.24 bits per heavy atom. The van der Waals surface area contributed by atoms with E-state index >= 15 is 0 Å². The van der Waals surface area contributed by atoms with Gasteiger partial charge in [-0.25, -0.2) is 0 Å². The smallest absolute Gasteiger partial charge is 0.0252 e. The maximum atomic E-state index is 3.58. The fourth-order valence-corrected chi connectivity index (χ4v) is 3.10. The molecule has 1 rings (SSSR count). The summed E-state index contributed by atoms with van der Waals surface area (Å²) in [6.07, 6.45) is 4.20. The summed E-state index contributed by atoms with van der Waals surface area (Å²) in [5.41, 5.74) is 0.256. The predicted molar refractivity (Wildman–Crippen MR) is 76.4 cm³/mol. The van der Waals surface area contributed by atoms with E-state index in [4.69, 9.17) is 0 Å². The molecule has 0 aromatic heterocycles. The monoisotopic (exact) mass is 240 g/mol. The Morgan fingerprint density at radius 2 is 1.94 bits per heavy atom. The van der Waals surface area contributed by atoms with Gasteiger partial charge in [-0.15, -0.1) is 0 Å². The van der Waals surface area contributed by atoms with Gasteiger partial charge in [0.25, 0.3) is 0 Å². The zero-order valence-corrected chi connectivity index (χ0v) is 12.6. The van der Waals surface area contributed by atoms with Crippen molar-refractivity contribution in [1.82, 2.24) is 10.2 Å². The van der Waals surface area contributed by atoms with Crippen molar-refractivity contribution >= 4 is 0 Å². The van der Waals surface area contributed by atoms with Gasteiger partial charge in [0.05, 0.1) is 0 Å². The fraction of sp³-hybridized carbons (Fsp3) is 1.00. The first-order valence-electron chi connectivity index (χ1n) is 7.42. The molecule has 2 heteroatoms. The molecule has 0 aromatic rings. The highest BCUT2D eigenvalue weighted by atomic mass is 15.2. The summed E-state index contributed by atoms with van der Waals surface area (Å²) in [7, 11) is 0. The van der Waals surface area contributed by atoms with Crippen LogP contribution in [0, 0.1) is 11.8 Å². The highest BCUT2D eigenvalue weighted by Crippen LogP contribution is 2.25. The summed E-state index contributed by atoms with van der Waals surface area (Å²) >= 11 is 0. The van der Waals surface area contributed by atoms with Crippen LogP contribution in [0.25, 0.3) is 0 Å². The van der Waals surface area contributed by atoms with Crippen molar-refractivity contribution in [3.05, 3.63) is 0 Å². The molecule has 1 heterocycles. The van der Waals surface area contributed by atoms with Crippen molar-refractivity contribution < 1.29 is 0 Å². The first-order chi connectivity index (χ1) is 7.94. The van der Waals surface area contributed by atoms with Crippen LogP contribution in [0.4, 0.5) is 0 Å². The summed E-state index contributed by atoms with van der Waals surface area (Å²) in [6.45, 7) is 16.4. The number of hydrogen-bond acceptors (Lipinski definition) is 2. The Kier molecular flexibility index (Phi) is 5.94. The molecule has 1 fully saturated rings. The van der Waals surface area contributed by atoms with Crippen molar-refractivity contribution in [3.63, 3.8) is 0 Å². The summed E-state index contributed by atoms with van der Waals surface area (Å²) in [5.74, 6) is 1.80. The molecule has 1 aliphatic rings. The molecule has 1 aliphatic heterocycles. The van der Waals surface area contributed by atoms with Gasteiger partial charge in [-0.2, -0.15) is 0 Å². The molecule has 1 unspecified atom stereocenters. The standard InChI is InChI=1S/C15H32N2/c1-6-16-15(4,5)12-17-10-7-8-14(9-11-17)13(2)3/h13-14,16H,6-12H2,1-5H3. The van der Waals surface area contributed by atoms with Crippen LogP contribution in [0.1, 0.15) is 53.9 Å². The third-order valence-corrected chi connectivity index (χ3v) is 4.08. The van der Waals surface area contributed by atoms with Crippen LogP contribution in [-0.2, 0) is 0 Å². The van der Waals surface area contributed by atoms with Crippen LogP contribution >= 0.6 is 0 Å². The lowest BCUT2D eigenvalue weighted by molar-refractivity contribution is 0.204. The average Bonchev–Trinajstić information content (AvgIpc) is 2.42. The topological polar surface area (TPSA) is 15.3 Å². The zero-order chi connectivity index (χ0) is 12.9. The van der Waals surface area contributed by atoms with Gasteiger partial charge >= 0.3 is 0 Å². The first kappa shape index (κ1) is 15.0. The minimum Gasteiger partial charge on any atom is -0.311 e. The fourth-order valence-electron chi connectivity index (χ4n) is 3.10. The molecule has 0 spiro atoms. The van der Waals surface area contributed by atoms with Crippen molar-refractivity contribution in [2.75, 3.05) is 26.2 Å². The third kappa shape index (κ3) is 5.39. The number of nitrogens with zero attached hydrogens (tertiary/aromatic N) is 1. The van der Waals surface area contributed by atoms with Gasteiger partial charge in [-0.3, -0.25) is 0 Å². The SMILES string of the molecule is CCNC(C)(C)CN1CCCC(C(C)C)CC1. The second-order valence-corrected chi connectivity index (χ2v) is 6.63. The Bertz CT molecular complexity index is 211. The molecule has 0 aromatic carbocycles. The van der Waals surface area contributed by atoms with Crippen LogP contribution in [-0.4, -0.2) is 36.6 Å². The lowest BCUT2D eigenvalue weighted by atomic mass is 9.89. The summed E-state index contributed by atoms with van der Waals surface area (Å²) in [6, 6.07) is 0. The van der Waals surface area contributed by atoms with Gasteiger partial charge < -0.3 is 10.2 Å². The molecule has 0 saturated carbocycles. The highest BCUT2D eigenvalue weighted by Gasteiger charge is 2.24. The second-order valence-electron chi connectivity index (χ2n) is 6.63. The van der Waals surface area contributed by atoms with Crippen LogP contribution in [0.15, 0.2) is 0 Å². The van der Waals surface area contributed by atoms with E-state index in [0.29, 0.717) is 0 Å². The van der Waals surface area contributed by atoms with E-state index < -0.39 is 0 Å². The van der Waals surface area contributed by atoms with Crippen LogP contribution < -0.4 is 5.32 Å². The Labute approximate surface area is 108 Å². The van der Waals surface area contributed by atoms with E-state index in [-0.39, 0.29) is 5.54 Å². The number of rotatable bonds is 5. The third-order valence-electron chi connectivity index (χ3n) is 4.08. The van der Waals surface area contributed by atoms with Crippen LogP contribution in [0.3, 0.4) is 0 Å². The predicted octanol–water partition coefficient (Wildman–Crippen LogP) is 3.13. The molecule has 0 aliphatic carbocycles. The minimum atomic E-state index is 0.256. The van der Waals surface area contributed by atoms with Gasteiger partial charge in [0.2, 0.25) is 0 Å². The molecule has 0 radical (unpaired) electrons. The van der Waals surface area contributed by atoms with E-state index in [0.717, 1.165) is 18.4 Å². The maximum absolute atomic E-state index is 3.58. The van der Waals surface area contributed by atoms with E-state index in [1.807, 2.05) is 0 Å². The lowest BCUT2D eigenvalue weighted by Crippen LogP contribution is -2.49. The second kappa shape index (κ2) is 6.75. The zero-order valence-electron chi connectivity index (χ0n) is 12.6. The van der Waals surface area contributed by atoms with Gasteiger partial charge in [0.15, 0.2) is 0 Å². The van der Waals surface area contributed by atoms with Crippen LogP contribution in [0.2, 0.25) is 0 Å². The van der Waals surface area contributed by atoms with E-state index in [9.17, 15) is 0 Å². The largest absolute Gasteiger partial charge is 0.311 e. The number of hydrogen-bond donors (Lipinski definition) is 1. The highest BCUT2D eigenvalue weighted by molar-refractivity contribution is 4.83. The molecule has 0 amide bonds. The molecule has 0 bridgehead atoms. The molecule has 2 nitrogen and oxygen atoms in total. The molecule has 17 heavy (non-hydrogen) atoms. The van der Waals surface area contributed by atoms with E-state index in [1.54, 1.807) is 0 Å². The molecule has 1 N–H and O–H groups in total. The van der Waals surface area contributed by atoms with Crippen molar-refractivity contribution in [2.45, 2.75) is 59.4 Å². The normalized spacial score (nSPS) is 24.0. The molecule has 102 valence electrons.